The van der Waals surface area contributed by atoms with Crippen molar-refractivity contribution in [2.45, 2.75) is 91.4 Å². The van der Waals surface area contributed by atoms with Gasteiger partial charge < -0.3 is 19.6 Å². The Labute approximate surface area is 395 Å². The summed E-state index contributed by atoms with van der Waals surface area (Å²) >= 11 is 2.03. The first kappa shape index (κ1) is 41.0. The van der Waals surface area contributed by atoms with Crippen molar-refractivity contribution in [2.24, 2.45) is 0 Å². The highest BCUT2D eigenvalue weighted by molar-refractivity contribution is 7.31. The molecule has 6 heteroatoms. The predicted octanol–water partition coefficient (Wildman–Crippen LogP) is 14.4. The molecule has 66 heavy (non-hydrogen) atoms. The molecule has 0 spiro atoms. The van der Waals surface area contributed by atoms with Gasteiger partial charge in [-0.15, -0.1) is 11.3 Å². The van der Waals surface area contributed by atoms with Gasteiger partial charge in [-0.05, 0) is 154 Å². The molecule has 0 atom stereocenters. The van der Waals surface area contributed by atoms with Crippen LogP contribution in [-0.4, -0.2) is 23.5 Å². The van der Waals surface area contributed by atoms with Crippen molar-refractivity contribution in [1.29, 1.82) is 0 Å². The van der Waals surface area contributed by atoms with Gasteiger partial charge in [0, 0.05) is 60.1 Å². The second kappa shape index (κ2) is 14.0. The summed E-state index contributed by atoms with van der Waals surface area (Å²) in [6.45, 7) is 24.0. The van der Waals surface area contributed by atoms with E-state index < -0.39 is 0 Å². The summed E-state index contributed by atoms with van der Waals surface area (Å²) in [5, 5.41) is 0. The third-order valence-corrected chi connectivity index (χ3v) is 16.0. The van der Waals surface area contributed by atoms with Crippen molar-refractivity contribution < 1.29 is 0 Å². The topological polar surface area (TPSA) is 13.0 Å². The first-order chi connectivity index (χ1) is 31.5. The SMILES string of the molecule is CC1(C)c2ccccc2-c2sc3c(c21)N(c1ccccc1)c1cccc2c1B3c1cc3c(cc1N2c1cc(-c2ccccc2)cc(-c2ccccc2)c1)N(C(C)(C)C)C(C)(C)N3C(C)(C)C. The number of hydrogen-bond acceptors (Lipinski definition) is 5. The van der Waals surface area contributed by atoms with Gasteiger partial charge in [-0.2, -0.15) is 0 Å². The van der Waals surface area contributed by atoms with Gasteiger partial charge in [0.25, 0.3) is 6.71 Å². The van der Waals surface area contributed by atoms with Gasteiger partial charge in [-0.25, -0.2) is 0 Å². The summed E-state index contributed by atoms with van der Waals surface area (Å²) in [5.74, 6) is 0. The van der Waals surface area contributed by atoms with E-state index in [1.54, 1.807) is 0 Å². The number of hydrogen-bond donors (Lipinski definition) is 0. The highest BCUT2D eigenvalue weighted by Crippen LogP contribution is 2.59. The molecule has 0 fully saturated rings. The highest BCUT2D eigenvalue weighted by atomic mass is 32.1. The molecule has 1 aliphatic carbocycles. The Bertz CT molecular complexity index is 3190. The van der Waals surface area contributed by atoms with Gasteiger partial charge in [-0.3, -0.25) is 0 Å². The number of para-hydroxylation sites is 1. The fraction of sp³-hybridized carbons (Fsp3) is 0.233. The fourth-order valence-electron chi connectivity index (χ4n) is 12.8. The number of nitrogens with zero attached hydrogens (tertiary/aromatic N) is 4. The largest absolute Gasteiger partial charge is 0.343 e. The smallest absolute Gasteiger partial charge is 0.264 e. The summed E-state index contributed by atoms with van der Waals surface area (Å²) < 4.78 is 1.42. The van der Waals surface area contributed by atoms with E-state index in [0.717, 1.165) is 5.69 Å². The van der Waals surface area contributed by atoms with E-state index in [-0.39, 0.29) is 28.9 Å². The van der Waals surface area contributed by atoms with Crippen LogP contribution in [0.25, 0.3) is 32.7 Å². The van der Waals surface area contributed by atoms with E-state index in [9.17, 15) is 0 Å². The van der Waals surface area contributed by atoms with Crippen molar-refractivity contribution in [1.82, 2.24) is 0 Å². The zero-order valence-corrected chi connectivity index (χ0v) is 40.7. The average Bonchev–Trinajstić information content (AvgIpc) is 3.89. The van der Waals surface area contributed by atoms with E-state index in [2.05, 4.69) is 253 Å². The van der Waals surface area contributed by atoms with Gasteiger partial charge in [0.15, 0.2) is 0 Å². The van der Waals surface area contributed by atoms with E-state index >= 15 is 0 Å². The van der Waals surface area contributed by atoms with Gasteiger partial charge in [0.1, 0.15) is 5.66 Å². The van der Waals surface area contributed by atoms with Crippen LogP contribution in [0.15, 0.2) is 164 Å². The molecular weight excluding hydrogens is 820 g/mol. The number of thiophene rings is 1. The van der Waals surface area contributed by atoms with Crippen molar-refractivity contribution in [2.75, 3.05) is 19.6 Å². The molecule has 4 heterocycles. The Morgan fingerprint density at radius 2 is 1.00 bits per heavy atom. The van der Waals surface area contributed by atoms with Gasteiger partial charge in [0.2, 0.25) is 0 Å². The zero-order chi connectivity index (χ0) is 45.7. The Morgan fingerprint density at radius 1 is 0.470 bits per heavy atom. The van der Waals surface area contributed by atoms with E-state index in [1.807, 2.05) is 11.3 Å². The van der Waals surface area contributed by atoms with Crippen molar-refractivity contribution in [3.63, 3.8) is 0 Å². The van der Waals surface area contributed by atoms with Crippen molar-refractivity contribution in [3.8, 4) is 32.7 Å². The van der Waals surface area contributed by atoms with Crippen LogP contribution in [0.1, 0.15) is 80.4 Å². The standard InChI is InChI=1S/C60H57BN4S/c1-57(2,3)64-50-36-46-49(37-51(50)65(58(4,5)6)60(64,9)10)62(43-34-40(38-23-14-11-15-24-38)33-41(35-43)39-25-16-12-17-26-39)47-31-22-32-48-53(47)61(46)56-54(63(48)42-27-18-13-19-28-42)52-55(66-56)44-29-20-21-30-45(44)59(52,7)8/h11-37H,1-10H3. The number of fused-ring (bicyclic) bond motifs is 9. The highest BCUT2D eigenvalue weighted by Gasteiger charge is 2.54. The predicted molar refractivity (Wildman–Crippen MR) is 285 cm³/mol. The van der Waals surface area contributed by atoms with Crippen LogP contribution in [0.4, 0.5) is 45.5 Å². The van der Waals surface area contributed by atoms with Crippen LogP contribution in [0.2, 0.25) is 0 Å². The van der Waals surface area contributed by atoms with Gasteiger partial charge in [0.05, 0.1) is 17.1 Å². The number of benzene rings is 7. The summed E-state index contributed by atoms with van der Waals surface area (Å²) in [6.07, 6.45) is 0. The van der Waals surface area contributed by atoms with Crippen LogP contribution in [0.5, 0.6) is 0 Å². The molecule has 0 N–H and O–H groups in total. The third-order valence-electron chi connectivity index (χ3n) is 14.7. The minimum atomic E-state index is -0.307. The quantitative estimate of drug-likeness (QED) is 0.163. The molecule has 12 rings (SSSR count). The second-order valence-corrected chi connectivity index (χ2v) is 22.8. The summed E-state index contributed by atoms with van der Waals surface area (Å²) in [4.78, 5) is 12.0. The van der Waals surface area contributed by atoms with Gasteiger partial charge >= 0.3 is 0 Å². The van der Waals surface area contributed by atoms with E-state index in [1.165, 1.54) is 99.3 Å². The second-order valence-electron chi connectivity index (χ2n) is 21.7. The van der Waals surface area contributed by atoms with E-state index in [4.69, 9.17) is 0 Å². The van der Waals surface area contributed by atoms with Gasteiger partial charge in [-0.1, -0.05) is 123 Å². The molecule has 0 bridgehead atoms. The lowest BCUT2D eigenvalue weighted by atomic mass is 9.36. The molecule has 8 aromatic rings. The Hall–Kier alpha value is -6.50. The van der Waals surface area contributed by atoms with Crippen LogP contribution >= 0.6 is 11.3 Å². The molecule has 4 nitrogen and oxygen atoms in total. The maximum absolute atomic E-state index is 2.70. The molecule has 326 valence electrons. The molecule has 3 aliphatic heterocycles. The number of anilines is 8. The first-order valence-corrected chi connectivity index (χ1v) is 24.5. The molecule has 0 amide bonds. The summed E-state index contributed by atoms with van der Waals surface area (Å²) in [6, 6.07) is 61.5. The molecule has 0 unspecified atom stereocenters. The van der Waals surface area contributed by atoms with Crippen LogP contribution in [-0.2, 0) is 5.41 Å². The average molecular weight is 877 g/mol. The Balaban J connectivity index is 1.22. The molecule has 1 aromatic heterocycles. The van der Waals surface area contributed by atoms with Crippen LogP contribution < -0.4 is 35.3 Å². The lowest BCUT2D eigenvalue weighted by Crippen LogP contribution is -2.63. The molecule has 4 aliphatic rings. The Kier molecular flexibility index (Phi) is 8.70. The maximum Gasteiger partial charge on any atom is 0.264 e. The molecule has 0 saturated carbocycles. The normalized spacial score (nSPS) is 16.1. The minimum absolute atomic E-state index is 0.000733. The summed E-state index contributed by atoms with van der Waals surface area (Å²) in [7, 11) is 0. The molecule has 7 aromatic carbocycles. The zero-order valence-electron chi connectivity index (χ0n) is 39.9. The lowest BCUT2D eigenvalue weighted by Gasteiger charge is -2.51. The maximum atomic E-state index is 2.70. The molecular formula is C60H57BN4S. The molecule has 0 radical (unpaired) electrons. The van der Waals surface area contributed by atoms with Crippen LogP contribution in [0, 0.1) is 0 Å². The Morgan fingerprint density at radius 3 is 1.59 bits per heavy atom. The third kappa shape index (κ3) is 5.76. The monoisotopic (exact) mass is 876 g/mol. The number of rotatable bonds is 4. The molecule has 0 saturated heterocycles. The van der Waals surface area contributed by atoms with Crippen molar-refractivity contribution in [3.05, 3.63) is 175 Å². The van der Waals surface area contributed by atoms with E-state index in [0.29, 0.717) is 0 Å². The lowest BCUT2D eigenvalue weighted by molar-refractivity contribution is 0.313. The van der Waals surface area contributed by atoms with Crippen molar-refractivity contribution >= 4 is 79.3 Å². The first-order valence-electron chi connectivity index (χ1n) is 23.6. The van der Waals surface area contributed by atoms with Crippen LogP contribution in [0.3, 0.4) is 0 Å². The summed E-state index contributed by atoms with van der Waals surface area (Å²) in [5.41, 5.74) is 20.9. The fourth-order valence-corrected chi connectivity index (χ4v) is 14.4. The minimum Gasteiger partial charge on any atom is -0.343 e.